The quantitative estimate of drug-likeness (QED) is 0.856. The van der Waals surface area contributed by atoms with E-state index in [1.165, 1.54) is 0 Å². The van der Waals surface area contributed by atoms with Gasteiger partial charge in [0, 0.05) is 19.0 Å². The van der Waals surface area contributed by atoms with Gasteiger partial charge < -0.3 is 14.4 Å². The molecule has 1 fully saturated rings. The highest BCUT2D eigenvalue weighted by Crippen LogP contribution is 2.22. The van der Waals surface area contributed by atoms with E-state index in [4.69, 9.17) is 14.7 Å². The number of hydrogen-bond donors (Lipinski definition) is 0. The number of hydrogen-bond acceptors (Lipinski definition) is 4. The Labute approximate surface area is 137 Å². The molecular formula is C18H24N2O3. The van der Waals surface area contributed by atoms with Crippen LogP contribution in [0.3, 0.4) is 0 Å². The Balaban J connectivity index is 1.84. The molecule has 1 aliphatic rings. The van der Waals surface area contributed by atoms with Crippen LogP contribution in [0.4, 0.5) is 4.79 Å². The first-order valence-corrected chi connectivity index (χ1v) is 7.90. The van der Waals surface area contributed by atoms with Gasteiger partial charge in [-0.3, -0.25) is 0 Å². The Bertz CT molecular complexity index is 614. The second kappa shape index (κ2) is 6.91. The van der Waals surface area contributed by atoms with Crippen LogP contribution in [0.15, 0.2) is 18.2 Å². The molecule has 0 saturated carbocycles. The highest BCUT2D eigenvalue weighted by molar-refractivity contribution is 5.68. The molecule has 1 aromatic rings. The van der Waals surface area contributed by atoms with E-state index in [0.717, 1.165) is 12.0 Å². The first kappa shape index (κ1) is 17.1. The van der Waals surface area contributed by atoms with E-state index in [2.05, 4.69) is 6.07 Å². The highest BCUT2D eigenvalue weighted by atomic mass is 16.6. The number of carbonyl (C=O) groups is 1. The minimum atomic E-state index is -0.471. The predicted octanol–water partition coefficient (Wildman–Crippen LogP) is 3.50. The molecule has 1 saturated heterocycles. The zero-order valence-corrected chi connectivity index (χ0v) is 14.3. The van der Waals surface area contributed by atoms with Crippen LogP contribution < -0.4 is 4.74 Å². The zero-order valence-electron chi connectivity index (χ0n) is 14.3. The van der Waals surface area contributed by atoms with E-state index < -0.39 is 5.60 Å². The molecule has 2 rings (SSSR count). The summed E-state index contributed by atoms with van der Waals surface area (Å²) in [6.07, 6.45) is 0.637. The van der Waals surface area contributed by atoms with Crippen LogP contribution in [0.5, 0.6) is 5.75 Å². The van der Waals surface area contributed by atoms with Gasteiger partial charge in [0.15, 0.2) is 0 Å². The van der Waals surface area contributed by atoms with Gasteiger partial charge in [-0.25, -0.2) is 4.79 Å². The van der Waals surface area contributed by atoms with Crippen molar-refractivity contribution in [3.63, 3.8) is 0 Å². The van der Waals surface area contributed by atoms with Gasteiger partial charge in [-0.05, 0) is 51.8 Å². The van der Waals surface area contributed by atoms with Crippen LogP contribution >= 0.6 is 0 Å². The molecule has 5 nitrogen and oxygen atoms in total. The number of aryl methyl sites for hydroxylation is 1. The van der Waals surface area contributed by atoms with E-state index in [0.29, 0.717) is 31.0 Å². The highest BCUT2D eigenvalue weighted by Gasteiger charge is 2.30. The Kier molecular flexibility index (Phi) is 5.15. The van der Waals surface area contributed by atoms with E-state index in [1.807, 2.05) is 39.8 Å². The van der Waals surface area contributed by atoms with Crippen molar-refractivity contribution in [3.05, 3.63) is 29.3 Å². The summed E-state index contributed by atoms with van der Waals surface area (Å²) in [5, 5.41) is 9.05. The molecule has 1 aromatic carbocycles. The molecular weight excluding hydrogens is 292 g/mol. The van der Waals surface area contributed by atoms with Gasteiger partial charge in [-0.1, -0.05) is 6.07 Å². The molecule has 124 valence electrons. The lowest BCUT2D eigenvalue weighted by atomic mass is 10.1. The molecule has 1 unspecified atom stereocenters. The topological polar surface area (TPSA) is 62.6 Å². The number of carbonyl (C=O) groups excluding carboxylic acids is 1. The van der Waals surface area contributed by atoms with Crippen LogP contribution in [0.25, 0.3) is 0 Å². The van der Waals surface area contributed by atoms with Crippen LogP contribution in [0, 0.1) is 24.2 Å². The Hall–Kier alpha value is -2.22. The van der Waals surface area contributed by atoms with Crippen molar-refractivity contribution in [2.75, 3.05) is 19.7 Å². The summed E-state index contributed by atoms with van der Waals surface area (Å²) < 4.78 is 11.2. The number of ether oxygens (including phenoxy) is 2. The summed E-state index contributed by atoms with van der Waals surface area (Å²) in [7, 11) is 0. The number of rotatable bonds is 3. The molecule has 23 heavy (non-hydrogen) atoms. The molecule has 1 atom stereocenters. The van der Waals surface area contributed by atoms with Crippen LogP contribution in [-0.2, 0) is 4.74 Å². The number of likely N-dealkylation sites (tertiary alicyclic amines) is 1. The van der Waals surface area contributed by atoms with Gasteiger partial charge in [0.05, 0.1) is 18.2 Å². The number of amides is 1. The Morgan fingerprint density at radius 2 is 2.17 bits per heavy atom. The summed E-state index contributed by atoms with van der Waals surface area (Å²) in [5.74, 6) is 0.984. The summed E-state index contributed by atoms with van der Waals surface area (Å²) in [6, 6.07) is 7.67. The molecule has 5 heteroatoms. The average molecular weight is 316 g/mol. The normalized spacial score (nSPS) is 17.7. The van der Waals surface area contributed by atoms with Crippen molar-refractivity contribution in [3.8, 4) is 11.8 Å². The Morgan fingerprint density at radius 3 is 2.83 bits per heavy atom. The number of nitriles is 1. The van der Waals surface area contributed by atoms with Gasteiger partial charge >= 0.3 is 6.09 Å². The standard InChI is InChI=1S/C18H24N2O3/c1-13-5-6-16(9-15(13)10-19)22-12-14-7-8-20(11-14)17(21)23-18(2,3)4/h5-6,9,14H,7-8,11-12H2,1-4H3. The summed E-state index contributed by atoms with van der Waals surface area (Å²) in [4.78, 5) is 13.8. The summed E-state index contributed by atoms with van der Waals surface area (Å²) in [5.41, 5.74) is 1.10. The predicted molar refractivity (Wildman–Crippen MR) is 87.3 cm³/mol. The van der Waals surface area contributed by atoms with E-state index in [-0.39, 0.29) is 12.0 Å². The SMILES string of the molecule is Cc1ccc(OCC2CCN(C(=O)OC(C)(C)C)C2)cc1C#N. The van der Waals surface area contributed by atoms with Gasteiger partial charge in [-0.2, -0.15) is 5.26 Å². The van der Waals surface area contributed by atoms with E-state index in [1.54, 1.807) is 11.0 Å². The molecule has 0 radical (unpaired) electrons. The summed E-state index contributed by atoms with van der Waals surface area (Å²) in [6.45, 7) is 9.38. The van der Waals surface area contributed by atoms with Crippen LogP contribution in [0.1, 0.15) is 38.3 Å². The van der Waals surface area contributed by atoms with Gasteiger partial charge in [0.2, 0.25) is 0 Å². The zero-order chi connectivity index (χ0) is 17.0. The van der Waals surface area contributed by atoms with Crippen molar-refractivity contribution in [2.24, 2.45) is 5.92 Å². The van der Waals surface area contributed by atoms with Crippen LogP contribution in [-0.4, -0.2) is 36.3 Å². The molecule has 1 amide bonds. The number of benzene rings is 1. The second-order valence-corrected chi connectivity index (χ2v) is 6.98. The van der Waals surface area contributed by atoms with Gasteiger partial charge in [0.1, 0.15) is 11.4 Å². The van der Waals surface area contributed by atoms with Crippen LogP contribution in [0.2, 0.25) is 0 Å². The monoisotopic (exact) mass is 316 g/mol. The van der Waals surface area contributed by atoms with E-state index >= 15 is 0 Å². The molecule has 0 bridgehead atoms. The fourth-order valence-corrected chi connectivity index (χ4v) is 2.49. The minimum absolute atomic E-state index is 0.262. The lowest BCUT2D eigenvalue weighted by molar-refractivity contribution is 0.0285. The molecule has 1 heterocycles. The largest absolute Gasteiger partial charge is 0.493 e. The van der Waals surface area contributed by atoms with Crippen molar-refractivity contribution in [1.82, 2.24) is 4.90 Å². The third kappa shape index (κ3) is 4.88. The lowest BCUT2D eigenvalue weighted by Gasteiger charge is -2.24. The average Bonchev–Trinajstić information content (AvgIpc) is 2.93. The second-order valence-electron chi connectivity index (χ2n) is 6.98. The fraction of sp³-hybridized carbons (Fsp3) is 0.556. The van der Waals surface area contributed by atoms with Crippen molar-refractivity contribution in [1.29, 1.82) is 5.26 Å². The van der Waals surface area contributed by atoms with Crippen molar-refractivity contribution in [2.45, 2.75) is 39.7 Å². The molecule has 0 aromatic heterocycles. The smallest absolute Gasteiger partial charge is 0.410 e. The van der Waals surface area contributed by atoms with Crippen molar-refractivity contribution < 1.29 is 14.3 Å². The minimum Gasteiger partial charge on any atom is -0.493 e. The molecule has 0 N–H and O–H groups in total. The maximum Gasteiger partial charge on any atom is 0.410 e. The molecule has 0 aliphatic carbocycles. The first-order valence-electron chi connectivity index (χ1n) is 7.90. The maximum absolute atomic E-state index is 12.0. The Morgan fingerprint density at radius 1 is 1.43 bits per heavy atom. The van der Waals surface area contributed by atoms with Gasteiger partial charge in [-0.15, -0.1) is 0 Å². The third-order valence-corrected chi connectivity index (χ3v) is 3.75. The number of nitrogens with zero attached hydrogens (tertiary/aromatic N) is 2. The van der Waals surface area contributed by atoms with Gasteiger partial charge in [0.25, 0.3) is 0 Å². The summed E-state index contributed by atoms with van der Waals surface area (Å²) >= 11 is 0. The molecule has 0 spiro atoms. The maximum atomic E-state index is 12.0. The third-order valence-electron chi connectivity index (χ3n) is 3.75. The lowest BCUT2D eigenvalue weighted by Crippen LogP contribution is -2.35. The molecule has 1 aliphatic heterocycles. The van der Waals surface area contributed by atoms with Crippen molar-refractivity contribution >= 4 is 6.09 Å². The first-order chi connectivity index (χ1) is 10.8. The van der Waals surface area contributed by atoms with E-state index in [9.17, 15) is 4.79 Å². The fourth-order valence-electron chi connectivity index (χ4n) is 2.49.